The molecule has 0 radical (unpaired) electrons. The van der Waals surface area contributed by atoms with Crippen LogP contribution in [0.3, 0.4) is 0 Å². The summed E-state index contributed by atoms with van der Waals surface area (Å²) in [5.41, 5.74) is 1.11. The van der Waals surface area contributed by atoms with E-state index in [-0.39, 0.29) is 10.8 Å². The number of hydrogen-bond donors (Lipinski definition) is 1. The zero-order valence-electron chi connectivity index (χ0n) is 11.1. The van der Waals surface area contributed by atoms with E-state index >= 15 is 0 Å². The minimum atomic E-state index is -1.10. The Balaban J connectivity index is 2.94. The maximum Gasteiger partial charge on any atom is 0.0976 e. The SMILES string of the molecule is C=CC[C@@H](N[S@@](=O)C(C)(C)C)c1ccccc1Br. The molecular formula is C14H20BrNOS. The molecule has 0 aromatic heterocycles. The highest BCUT2D eigenvalue weighted by molar-refractivity contribution is 9.10. The minimum Gasteiger partial charge on any atom is -0.242 e. The highest BCUT2D eigenvalue weighted by Gasteiger charge is 2.23. The van der Waals surface area contributed by atoms with Gasteiger partial charge in [-0.3, -0.25) is 0 Å². The van der Waals surface area contributed by atoms with Gasteiger partial charge in [-0.25, -0.2) is 8.93 Å². The van der Waals surface area contributed by atoms with E-state index in [0.29, 0.717) is 0 Å². The maximum atomic E-state index is 12.2. The lowest BCUT2D eigenvalue weighted by atomic mass is 10.1. The summed E-state index contributed by atoms with van der Waals surface area (Å²) in [7, 11) is -1.10. The molecule has 0 aliphatic carbocycles. The average molecular weight is 330 g/mol. The first kappa shape index (κ1) is 15.6. The van der Waals surface area contributed by atoms with Crippen molar-refractivity contribution in [3.05, 3.63) is 47.0 Å². The summed E-state index contributed by atoms with van der Waals surface area (Å²) in [5, 5.41) is 0. The van der Waals surface area contributed by atoms with Gasteiger partial charge < -0.3 is 0 Å². The van der Waals surface area contributed by atoms with E-state index in [9.17, 15) is 4.21 Å². The molecule has 0 fully saturated rings. The first-order valence-electron chi connectivity index (χ1n) is 5.89. The first-order valence-corrected chi connectivity index (χ1v) is 7.84. The molecule has 1 N–H and O–H groups in total. The summed E-state index contributed by atoms with van der Waals surface area (Å²) < 4.78 is 16.1. The van der Waals surface area contributed by atoms with E-state index in [4.69, 9.17) is 0 Å². The van der Waals surface area contributed by atoms with Crippen LogP contribution in [0.25, 0.3) is 0 Å². The number of benzene rings is 1. The summed E-state index contributed by atoms with van der Waals surface area (Å²) in [6.07, 6.45) is 2.58. The summed E-state index contributed by atoms with van der Waals surface area (Å²) in [5.74, 6) is 0. The van der Waals surface area contributed by atoms with Crippen molar-refractivity contribution in [2.45, 2.75) is 38.0 Å². The Morgan fingerprint density at radius 2 is 2.06 bits per heavy atom. The van der Waals surface area contributed by atoms with Crippen LogP contribution in [-0.4, -0.2) is 8.96 Å². The largest absolute Gasteiger partial charge is 0.242 e. The molecule has 0 aliphatic rings. The second kappa shape index (κ2) is 6.64. The summed E-state index contributed by atoms with van der Waals surface area (Å²) in [6.45, 7) is 9.65. The Morgan fingerprint density at radius 3 is 2.56 bits per heavy atom. The molecule has 0 aliphatic heterocycles. The summed E-state index contributed by atoms with van der Waals surface area (Å²) >= 11 is 3.53. The van der Waals surface area contributed by atoms with Gasteiger partial charge in [0.1, 0.15) is 0 Å². The van der Waals surface area contributed by atoms with Crippen molar-refractivity contribution in [1.82, 2.24) is 4.72 Å². The van der Waals surface area contributed by atoms with Crippen LogP contribution in [-0.2, 0) is 11.0 Å². The van der Waals surface area contributed by atoms with Gasteiger partial charge in [0.05, 0.1) is 15.7 Å². The van der Waals surface area contributed by atoms with Gasteiger partial charge in [0, 0.05) is 10.5 Å². The van der Waals surface area contributed by atoms with Crippen LogP contribution in [0.2, 0.25) is 0 Å². The van der Waals surface area contributed by atoms with Crippen LogP contribution < -0.4 is 4.72 Å². The smallest absolute Gasteiger partial charge is 0.0976 e. The fourth-order valence-electron chi connectivity index (χ4n) is 1.47. The van der Waals surface area contributed by atoms with Gasteiger partial charge in [0.25, 0.3) is 0 Å². The molecule has 0 unspecified atom stereocenters. The third-order valence-corrected chi connectivity index (χ3v) is 4.82. The van der Waals surface area contributed by atoms with E-state index in [1.54, 1.807) is 0 Å². The zero-order chi connectivity index (χ0) is 13.8. The van der Waals surface area contributed by atoms with E-state index in [1.807, 2.05) is 51.1 Å². The third-order valence-electron chi connectivity index (χ3n) is 2.49. The minimum absolute atomic E-state index is 0.0122. The Kier molecular flexibility index (Phi) is 5.76. The monoisotopic (exact) mass is 329 g/mol. The van der Waals surface area contributed by atoms with Crippen molar-refractivity contribution < 1.29 is 4.21 Å². The normalized spacial score (nSPS) is 15.1. The fraction of sp³-hybridized carbons (Fsp3) is 0.429. The quantitative estimate of drug-likeness (QED) is 0.809. The van der Waals surface area contributed by atoms with E-state index < -0.39 is 11.0 Å². The number of rotatable bonds is 5. The van der Waals surface area contributed by atoms with Gasteiger partial charge in [-0.2, -0.15) is 0 Å². The molecule has 1 aromatic rings. The van der Waals surface area contributed by atoms with Crippen LogP contribution in [0.4, 0.5) is 0 Å². The second-order valence-electron chi connectivity index (χ2n) is 5.10. The molecule has 18 heavy (non-hydrogen) atoms. The molecule has 2 atom stereocenters. The first-order chi connectivity index (χ1) is 8.36. The Labute approximate surface area is 121 Å². The summed E-state index contributed by atoms with van der Waals surface area (Å²) in [6, 6.07) is 7.99. The summed E-state index contributed by atoms with van der Waals surface area (Å²) in [4.78, 5) is 0. The average Bonchev–Trinajstić information content (AvgIpc) is 2.28. The Hall–Kier alpha value is -0.450. The van der Waals surface area contributed by atoms with Crippen molar-refractivity contribution in [2.75, 3.05) is 0 Å². The van der Waals surface area contributed by atoms with Crippen molar-refractivity contribution in [3.8, 4) is 0 Å². The van der Waals surface area contributed by atoms with Crippen molar-refractivity contribution in [1.29, 1.82) is 0 Å². The Bertz CT molecular complexity index is 440. The van der Waals surface area contributed by atoms with Gasteiger partial charge >= 0.3 is 0 Å². The van der Waals surface area contributed by atoms with Gasteiger partial charge in [-0.1, -0.05) is 40.2 Å². The molecule has 100 valence electrons. The molecule has 2 nitrogen and oxygen atoms in total. The third kappa shape index (κ3) is 4.34. The standard InChI is InChI=1S/C14H20BrNOS/c1-5-8-13(16-18(17)14(2,3)4)11-9-6-7-10-12(11)15/h5-7,9-10,13,16H,1,8H2,2-4H3/t13-,18+/m1/s1. The molecule has 4 heteroatoms. The van der Waals surface area contributed by atoms with Crippen LogP contribution in [0.5, 0.6) is 0 Å². The molecule has 0 spiro atoms. The van der Waals surface area contributed by atoms with Gasteiger partial charge in [0.15, 0.2) is 0 Å². The number of nitrogens with one attached hydrogen (secondary N) is 1. The van der Waals surface area contributed by atoms with Crippen molar-refractivity contribution in [3.63, 3.8) is 0 Å². The highest BCUT2D eigenvalue weighted by atomic mass is 79.9. The molecule has 0 heterocycles. The predicted octanol–water partition coefficient (Wildman–Crippen LogP) is 4.12. The van der Waals surface area contributed by atoms with Crippen molar-refractivity contribution >= 4 is 26.9 Å². The predicted molar refractivity (Wildman–Crippen MR) is 82.7 cm³/mol. The van der Waals surface area contributed by atoms with Crippen LogP contribution in [0, 0.1) is 0 Å². The topological polar surface area (TPSA) is 29.1 Å². The molecule has 0 amide bonds. The van der Waals surface area contributed by atoms with E-state index in [0.717, 1.165) is 16.5 Å². The second-order valence-corrected chi connectivity index (χ2v) is 7.95. The van der Waals surface area contributed by atoms with Crippen LogP contribution >= 0.6 is 15.9 Å². The van der Waals surface area contributed by atoms with Crippen molar-refractivity contribution in [2.24, 2.45) is 0 Å². The van der Waals surface area contributed by atoms with E-state index in [2.05, 4.69) is 27.2 Å². The molecule has 0 saturated heterocycles. The lowest BCUT2D eigenvalue weighted by Crippen LogP contribution is -2.35. The fourth-order valence-corrected chi connectivity index (χ4v) is 2.87. The molecular weight excluding hydrogens is 310 g/mol. The maximum absolute atomic E-state index is 12.2. The van der Waals surface area contributed by atoms with E-state index in [1.165, 1.54) is 0 Å². The Morgan fingerprint density at radius 1 is 1.44 bits per heavy atom. The number of halogens is 1. The molecule has 0 saturated carbocycles. The number of hydrogen-bond acceptors (Lipinski definition) is 1. The highest BCUT2D eigenvalue weighted by Crippen LogP contribution is 2.27. The molecule has 1 aromatic carbocycles. The zero-order valence-corrected chi connectivity index (χ0v) is 13.5. The molecule has 0 bridgehead atoms. The van der Waals surface area contributed by atoms with Gasteiger partial charge in [-0.05, 0) is 38.8 Å². The van der Waals surface area contributed by atoms with Crippen LogP contribution in [0.1, 0.15) is 38.8 Å². The lowest BCUT2D eigenvalue weighted by molar-refractivity contribution is 0.601. The van der Waals surface area contributed by atoms with Gasteiger partial charge in [-0.15, -0.1) is 6.58 Å². The van der Waals surface area contributed by atoms with Crippen LogP contribution in [0.15, 0.2) is 41.4 Å². The van der Waals surface area contributed by atoms with Gasteiger partial charge in [0.2, 0.25) is 0 Å². The molecule has 1 rings (SSSR count). The lowest BCUT2D eigenvalue weighted by Gasteiger charge is -2.24.